The molecule has 10 nitrogen and oxygen atoms in total. The van der Waals surface area contributed by atoms with Gasteiger partial charge in [0.2, 0.25) is 5.75 Å². The van der Waals surface area contributed by atoms with Gasteiger partial charge in [0.05, 0.1) is 26.9 Å². The molecule has 0 fully saturated rings. The van der Waals surface area contributed by atoms with E-state index in [0.717, 1.165) is 24.1 Å². The molecule has 2 aromatic rings. The number of para-hydroxylation sites is 1. The highest BCUT2D eigenvalue weighted by molar-refractivity contribution is 5.91. The molecule has 190 valence electrons. The maximum atomic E-state index is 12.8. The number of carbonyl (C=O) groups is 3. The Kier molecular flexibility index (Phi) is 12.2. The fourth-order valence-electron chi connectivity index (χ4n) is 3.08. The number of carbonyl (C=O) groups excluding carboxylic acids is 1. The summed E-state index contributed by atoms with van der Waals surface area (Å²) in [6.45, 7) is 2.06. The van der Waals surface area contributed by atoms with E-state index in [-0.39, 0.29) is 6.10 Å². The van der Waals surface area contributed by atoms with E-state index in [1.807, 2.05) is 31.3 Å². The topological polar surface area (TPSA) is 141 Å². The zero-order valence-corrected chi connectivity index (χ0v) is 20.4. The molecule has 0 aromatic heterocycles. The first-order valence-corrected chi connectivity index (χ1v) is 10.6. The maximum absolute atomic E-state index is 12.8. The summed E-state index contributed by atoms with van der Waals surface area (Å²) in [7, 11) is 6.39. The van der Waals surface area contributed by atoms with Crippen molar-refractivity contribution in [2.75, 3.05) is 33.7 Å². The molecule has 0 amide bonds. The number of methoxy groups -OCH3 is 3. The van der Waals surface area contributed by atoms with Crippen molar-refractivity contribution in [3.63, 3.8) is 0 Å². The Labute approximate surface area is 204 Å². The molecule has 0 aliphatic heterocycles. The third-order valence-corrected chi connectivity index (χ3v) is 4.65. The molecule has 0 saturated carbocycles. The van der Waals surface area contributed by atoms with Gasteiger partial charge in [-0.1, -0.05) is 31.5 Å². The Morgan fingerprint density at radius 1 is 0.943 bits per heavy atom. The van der Waals surface area contributed by atoms with Crippen LogP contribution in [-0.4, -0.2) is 56.5 Å². The number of hydrogen-bond donors (Lipinski definition) is 3. The average Bonchev–Trinajstić information content (AvgIpc) is 2.86. The molecular weight excluding hydrogens is 458 g/mol. The number of hydrogen-bond acceptors (Lipinski definition) is 8. The Bertz CT molecular complexity index is 992. The summed E-state index contributed by atoms with van der Waals surface area (Å²) in [6, 6.07) is 11.0. The number of carboxylic acids is 2. The monoisotopic (exact) mass is 489 g/mol. The van der Waals surface area contributed by atoms with Crippen LogP contribution in [0.3, 0.4) is 0 Å². The van der Waals surface area contributed by atoms with Crippen molar-refractivity contribution >= 4 is 23.6 Å². The van der Waals surface area contributed by atoms with Crippen molar-refractivity contribution in [1.82, 2.24) is 0 Å². The largest absolute Gasteiger partial charge is 0.493 e. The van der Waals surface area contributed by atoms with Crippen LogP contribution in [0.4, 0.5) is 5.69 Å². The summed E-state index contributed by atoms with van der Waals surface area (Å²) >= 11 is 0. The molecule has 0 spiro atoms. The van der Waals surface area contributed by atoms with E-state index in [1.54, 1.807) is 12.1 Å². The number of carboxylic acid groups (broad SMARTS) is 2. The second-order valence-corrected chi connectivity index (χ2v) is 6.94. The molecule has 1 atom stereocenters. The average molecular weight is 490 g/mol. The molecule has 1 unspecified atom stereocenters. The molecule has 0 aliphatic rings. The lowest BCUT2D eigenvalue weighted by atomic mass is 10.0. The quantitative estimate of drug-likeness (QED) is 0.311. The molecule has 10 heteroatoms. The molecule has 0 radical (unpaired) electrons. The standard InChI is InChI=1S/C21H27NO5.C4H4O4/c1-6-9-17(15-10-7-8-11-16(15)22-2)27-21(23)14-12-18(24-3)20(26-5)19(13-14)25-4;5-3(6)1-2-4(7)8/h7-8,10-13,17,22H,6,9H2,1-5H3;1-2H,(H,5,6)(H,7,8). The molecule has 2 rings (SSSR count). The van der Waals surface area contributed by atoms with Gasteiger partial charge < -0.3 is 34.5 Å². The van der Waals surface area contributed by atoms with E-state index >= 15 is 0 Å². The highest BCUT2D eigenvalue weighted by Gasteiger charge is 2.23. The van der Waals surface area contributed by atoms with Crippen LogP contribution in [0.5, 0.6) is 17.2 Å². The fourth-order valence-corrected chi connectivity index (χ4v) is 3.08. The summed E-state index contributed by atoms with van der Waals surface area (Å²) in [4.78, 5) is 32.0. The van der Waals surface area contributed by atoms with Gasteiger partial charge in [-0.2, -0.15) is 0 Å². The minimum Gasteiger partial charge on any atom is -0.493 e. The number of nitrogens with one attached hydrogen (secondary N) is 1. The Morgan fingerprint density at radius 2 is 1.49 bits per heavy atom. The molecule has 3 N–H and O–H groups in total. The lowest BCUT2D eigenvalue weighted by Gasteiger charge is -2.21. The zero-order chi connectivity index (χ0) is 26.4. The Hall–Kier alpha value is -4.21. The first-order chi connectivity index (χ1) is 16.7. The highest BCUT2D eigenvalue weighted by Crippen LogP contribution is 2.39. The van der Waals surface area contributed by atoms with Gasteiger partial charge in [0, 0.05) is 30.5 Å². The molecule has 0 aliphatic carbocycles. The number of benzene rings is 2. The van der Waals surface area contributed by atoms with Gasteiger partial charge in [0.25, 0.3) is 0 Å². The SMILES string of the molecule is CCCC(OC(=O)c1cc(OC)c(OC)c(OC)c1)c1ccccc1NC.O=C(O)C=CC(=O)O. The van der Waals surface area contributed by atoms with Crippen LogP contribution in [-0.2, 0) is 14.3 Å². The van der Waals surface area contributed by atoms with Gasteiger partial charge in [-0.05, 0) is 24.6 Å². The maximum Gasteiger partial charge on any atom is 0.339 e. The van der Waals surface area contributed by atoms with Crippen molar-refractivity contribution in [2.24, 2.45) is 0 Å². The number of anilines is 1. The predicted molar refractivity (Wildman–Crippen MR) is 130 cm³/mol. The van der Waals surface area contributed by atoms with Gasteiger partial charge in [-0.3, -0.25) is 0 Å². The van der Waals surface area contributed by atoms with Crippen molar-refractivity contribution in [2.45, 2.75) is 25.9 Å². The lowest BCUT2D eigenvalue weighted by Crippen LogP contribution is -2.13. The summed E-state index contributed by atoms with van der Waals surface area (Å²) in [5, 5.41) is 18.8. The van der Waals surface area contributed by atoms with Crippen LogP contribution >= 0.6 is 0 Å². The van der Waals surface area contributed by atoms with Crippen LogP contribution in [0.15, 0.2) is 48.6 Å². The minimum atomic E-state index is -1.26. The van der Waals surface area contributed by atoms with E-state index in [9.17, 15) is 14.4 Å². The van der Waals surface area contributed by atoms with E-state index < -0.39 is 17.9 Å². The van der Waals surface area contributed by atoms with E-state index in [1.165, 1.54) is 21.3 Å². The number of aliphatic carboxylic acids is 2. The molecule has 35 heavy (non-hydrogen) atoms. The van der Waals surface area contributed by atoms with Gasteiger partial charge in [-0.15, -0.1) is 0 Å². The fraction of sp³-hybridized carbons (Fsp3) is 0.320. The van der Waals surface area contributed by atoms with Crippen molar-refractivity contribution in [3.05, 3.63) is 59.7 Å². The summed E-state index contributed by atoms with van der Waals surface area (Å²) in [5.74, 6) is -1.71. The third-order valence-electron chi connectivity index (χ3n) is 4.65. The van der Waals surface area contributed by atoms with Crippen LogP contribution in [0.2, 0.25) is 0 Å². The Morgan fingerprint density at radius 3 is 1.91 bits per heavy atom. The van der Waals surface area contributed by atoms with E-state index in [0.29, 0.717) is 35.0 Å². The molecule has 0 heterocycles. The number of esters is 1. The lowest BCUT2D eigenvalue weighted by molar-refractivity contribution is -0.134. The molecule has 2 aromatic carbocycles. The van der Waals surface area contributed by atoms with Gasteiger partial charge in [0.1, 0.15) is 6.10 Å². The van der Waals surface area contributed by atoms with Crippen LogP contribution in [0, 0.1) is 0 Å². The summed E-state index contributed by atoms with van der Waals surface area (Å²) in [6.07, 6.45) is 2.36. The summed E-state index contributed by atoms with van der Waals surface area (Å²) in [5.41, 5.74) is 2.23. The van der Waals surface area contributed by atoms with Crippen molar-refractivity contribution in [3.8, 4) is 17.2 Å². The minimum absolute atomic E-state index is 0.340. The molecular formula is C25H31NO9. The van der Waals surface area contributed by atoms with E-state index in [4.69, 9.17) is 29.2 Å². The normalized spacial score (nSPS) is 11.0. The van der Waals surface area contributed by atoms with E-state index in [2.05, 4.69) is 12.2 Å². The summed E-state index contributed by atoms with van der Waals surface area (Å²) < 4.78 is 21.8. The second kappa shape index (κ2) is 14.8. The first-order valence-electron chi connectivity index (χ1n) is 10.6. The predicted octanol–water partition coefficient (Wildman–Crippen LogP) is 4.16. The highest BCUT2D eigenvalue weighted by atomic mass is 16.5. The number of ether oxygens (including phenoxy) is 4. The van der Waals surface area contributed by atoms with Gasteiger partial charge in [0.15, 0.2) is 11.5 Å². The van der Waals surface area contributed by atoms with Gasteiger partial charge in [-0.25, -0.2) is 14.4 Å². The van der Waals surface area contributed by atoms with Gasteiger partial charge >= 0.3 is 17.9 Å². The van der Waals surface area contributed by atoms with Crippen molar-refractivity contribution in [1.29, 1.82) is 0 Å². The molecule has 0 bridgehead atoms. The zero-order valence-electron chi connectivity index (χ0n) is 20.4. The molecule has 0 saturated heterocycles. The van der Waals surface area contributed by atoms with Crippen LogP contribution in [0.1, 0.15) is 41.8 Å². The van der Waals surface area contributed by atoms with Crippen LogP contribution < -0.4 is 19.5 Å². The smallest absolute Gasteiger partial charge is 0.339 e. The van der Waals surface area contributed by atoms with Crippen molar-refractivity contribution < 1.29 is 43.5 Å². The number of rotatable bonds is 11. The van der Waals surface area contributed by atoms with Crippen LogP contribution in [0.25, 0.3) is 0 Å². The first kappa shape index (κ1) is 28.8. The Balaban J connectivity index is 0.000000658. The third kappa shape index (κ3) is 8.92. The second-order valence-electron chi connectivity index (χ2n) is 6.94.